The molecular formula is C22H28ClN3O3S. The van der Waals surface area contributed by atoms with Crippen LogP contribution in [0.1, 0.15) is 44.2 Å². The number of halogens is 1. The summed E-state index contributed by atoms with van der Waals surface area (Å²) in [6.07, 6.45) is 3.81. The van der Waals surface area contributed by atoms with Crippen molar-refractivity contribution in [1.29, 1.82) is 0 Å². The van der Waals surface area contributed by atoms with Crippen molar-refractivity contribution < 1.29 is 13.2 Å². The Morgan fingerprint density at radius 2 is 1.73 bits per heavy atom. The molecule has 1 fully saturated rings. The summed E-state index contributed by atoms with van der Waals surface area (Å²) in [4.78, 5) is 12.6. The average Bonchev–Trinajstić information content (AvgIpc) is 3.04. The monoisotopic (exact) mass is 449 g/mol. The van der Waals surface area contributed by atoms with E-state index in [0.717, 1.165) is 31.2 Å². The number of carbonyl (C=O) groups is 1. The molecule has 1 aliphatic rings. The van der Waals surface area contributed by atoms with E-state index in [-0.39, 0.29) is 23.4 Å². The Morgan fingerprint density at radius 1 is 1.07 bits per heavy atom. The van der Waals surface area contributed by atoms with Gasteiger partial charge in [-0.05, 0) is 43.5 Å². The predicted octanol–water partition coefficient (Wildman–Crippen LogP) is 4.19. The summed E-state index contributed by atoms with van der Waals surface area (Å²) in [6.45, 7) is 3.10. The van der Waals surface area contributed by atoms with Crippen molar-refractivity contribution in [3.05, 3.63) is 59.1 Å². The van der Waals surface area contributed by atoms with Crippen LogP contribution in [0.5, 0.6) is 0 Å². The first-order valence-electron chi connectivity index (χ1n) is 10.3. The lowest BCUT2D eigenvalue weighted by Crippen LogP contribution is -2.32. The summed E-state index contributed by atoms with van der Waals surface area (Å²) in [5.41, 5.74) is 1.38. The minimum atomic E-state index is -3.61. The standard InChI is InChI=1S/C22H28ClN3O3S/c1-17(18-9-5-4-6-10-18)24-16-22(27)25-21-15-19(11-12-20(21)23)30(28,29)26-13-7-2-3-8-14-26/h4-6,9-12,15,17,24H,2-3,7-8,13-14,16H2,1H3,(H,25,27)/t17-/m0/s1. The maximum atomic E-state index is 13.0. The highest BCUT2D eigenvalue weighted by Gasteiger charge is 2.26. The van der Waals surface area contributed by atoms with Gasteiger partial charge in [0, 0.05) is 19.1 Å². The molecular weight excluding hydrogens is 422 g/mol. The molecule has 6 nitrogen and oxygen atoms in total. The lowest BCUT2D eigenvalue weighted by Gasteiger charge is -2.20. The average molecular weight is 450 g/mol. The summed E-state index contributed by atoms with van der Waals surface area (Å²) in [5, 5.41) is 6.19. The molecule has 0 aliphatic carbocycles. The summed E-state index contributed by atoms with van der Waals surface area (Å²) in [7, 11) is -3.61. The molecule has 1 aliphatic heterocycles. The third-order valence-electron chi connectivity index (χ3n) is 5.28. The first-order valence-corrected chi connectivity index (χ1v) is 12.1. The Kier molecular flexibility index (Phi) is 7.88. The molecule has 162 valence electrons. The summed E-state index contributed by atoms with van der Waals surface area (Å²) < 4.78 is 27.6. The Morgan fingerprint density at radius 3 is 2.40 bits per heavy atom. The van der Waals surface area contributed by atoms with Crippen LogP contribution in [-0.4, -0.2) is 38.3 Å². The topological polar surface area (TPSA) is 78.5 Å². The smallest absolute Gasteiger partial charge is 0.243 e. The molecule has 0 unspecified atom stereocenters. The Bertz CT molecular complexity index is 959. The lowest BCUT2D eigenvalue weighted by atomic mass is 10.1. The van der Waals surface area contributed by atoms with Crippen LogP contribution in [0.15, 0.2) is 53.4 Å². The number of sulfonamides is 1. The van der Waals surface area contributed by atoms with Crippen molar-refractivity contribution in [3.63, 3.8) is 0 Å². The van der Waals surface area contributed by atoms with Gasteiger partial charge in [0.2, 0.25) is 15.9 Å². The van der Waals surface area contributed by atoms with Gasteiger partial charge in [0.1, 0.15) is 0 Å². The molecule has 0 radical (unpaired) electrons. The highest BCUT2D eigenvalue weighted by molar-refractivity contribution is 7.89. The molecule has 2 aromatic rings. The summed E-state index contributed by atoms with van der Waals surface area (Å²) in [6, 6.07) is 14.3. The molecule has 1 atom stereocenters. The van der Waals surface area contributed by atoms with Crippen LogP contribution >= 0.6 is 11.6 Å². The quantitative estimate of drug-likeness (QED) is 0.664. The number of nitrogens with zero attached hydrogens (tertiary/aromatic N) is 1. The van der Waals surface area contributed by atoms with Crippen LogP contribution in [0, 0.1) is 0 Å². The molecule has 1 amide bonds. The zero-order chi connectivity index (χ0) is 21.6. The first kappa shape index (κ1) is 22.7. The second-order valence-electron chi connectivity index (χ2n) is 7.52. The van der Waals surface area contributed by atoms with Gasteiger partial charge in [-0.15, -0.1) is 0 Å². The minimum Gasteiger partial charge on any atom is -0.324 e. The molecule has 8 heteroatoms. The maximum Gasteiger partial charge on any atom is 0.243 e. The lowest BCUT2D eigenvalue weighted by molar-refractivity contribution is -0.115. The van der Waals surface area contributed by atoms with Gasteiger partial charge in [-0.1, -0.05) is 54.8 Å². The molecule has 2 aromatic carbocycles. The van der Waals surface area contributed by atoms with Gasteiger partial charge in [0.25, 0.3) is 0 Å². The second kappa shape index (κ2) is 10.4. The van der Waals surface area contributed by atoms with Crippen LogP contribution in [0.3, 0.4) is 0 Å². The van der Waals surface area contributed by atoms with Crippen molar-refractivity contribution in [2.75, 3.05) is 25.0 Å². The number of nitrogens with one attached hydrogen (secondary N) is 2. The van der Waals surface area contributed by atoms with E-state index >= 15 is 0 Å². The van der Waals surface area contributed by atoms with E-state index in [9.17, 15) is 13.2 Å². The van der Waals surface area contributed by atoms with Crippen LogP contribution in [0.4, 0.5) is 5.69 Å². The number of benzene rings is 2. The van der Waals surface area contributed by atoms with Crippen molar-refractivity contribution in [3.8, 4) is 0 Å². The molecule has 3 rings (SSSR count). The Labute approximate surface area is 183 Å². The van der Waals surface area contributed by atoms with E-state index in [2.05, 4.69) is 10.6 Å². The third kappa shape index (κ3) is 5.82. The first-order chi connectivity index (χ1) is 14.4. The third-order valence-corrected chi connectivity index (χ3v) is 7.51. The van der Waals surface area contributed by atoms with Crippen molar-refractivity contribution >= 4 is 33.2 Å². The Balaban J connectivity index is 1.66. The van der Waals surface area contributed by atoms with E-state index in [1.165, 1.54) is 22.5 Å². The molecule has 0 saturated carbocycles. The van der Waals surface area contributed by atoms with Crippen molar-refractivity contribution in [2.45, 2.75) is 43.5 Å². The van der Waals surface area contributed by atoms with E-state index in [1.54, 1.807) is 0 Å². The molecule has 0 bridgehead atoms. The largest absolute Gasteiger partial charge is 0.324 e. The number of carbonyl (C=O) groups excluding carboxylic acids is 1. The number of hydrogen-bond acceptors (Lipinski definition) is 4. The molecule has 1 saturated heterocycles. The number of hydrogen-bond donors (Lipinski definition) is 2. The highest BCUT2D eigenvalue weighted by Crippen LogP contribution is 2.28. The molecule has 30 heavy (non-hydrogen) atoms. The predicted molar refractivity (Wildman–Crippen MR) is 120 cm³/mol. The van der Waals surface area contributed by atoms with Crippen LogP contribution < -0.4 is 10.6 Å². The molecule has 0 aromatic heterocycles. The summed E-state index contributed by atoms with van der Waals surface area (Å²) in [5.74, 6) is -0.288. The zero-order valence-electron chi connectivity index (χ0n) is 17.1. The second-order valence-corrected chi connectivity index (χ2v) is 9.87. The fraction of sp³-hybridized carbons (Fsp3) is 0.409. The van der Waals surface area contributed by atoms with Gasteiger partial charge in [0.05, 0.1) is 22.2 Å². The van der Waals surface area contributed by atoms with E-state index in [4.69, 9.17) is 11.6 Å². The fourth-order valence-corrected chi connectivity index (χ4v) is 5.20. The normalized spacial score (nSPS) is 16.6. The van der Waals surface area contributed by atoms with Gasteiger partial charge < -0.3 is 10.6 Å². The Hall–Kier alpha value is -1.93. The van der Waals surface area contributed by atoms with Gasteiger partial charge >= 0.3 is 0 Å². The number of anilines is 1. The van der Waals surface area contributed by atoms with Gasteiger partial charge in [0.15, 0.2) is 0 Å². The van der Waals surface area contributed by atoms with Gasteiger partial charge in [-0.25, -0.2) is 8.42 Å². The SMILES string of the molecule is C[C@H](NCC(=O)Nc1cc(S(=O)(=O)N2CCCCCC2)ccc1Cl)c1ccccc1. The molecule has 1 heterocycles. The van der Waals surface area contributed by atoms with Crippen LogP contribution in [0.25, 0.3) is 0 Å². The maximum absolute atomic E-state index is 13.0. The molecule has 0 spiro atoms. The van der Waals surface area contributed by atoms with Crippen molar-refractivity contribution in [2.24, 2.45) is 0 Å². The number of rotatable bonds is 7. The zero-order valence-corrected chi connectivity index (χ0v) is 18.7. The minimum absolute atomic E-state index is 0.00201. The fourth-order valence-electron chi connectivity index (χ4n) is 3.49. The number of amides is 1. The van der Waals surface area contributed by atoms with E-state index in [1.807, 2.05) is 37.3 Å². The van der Waals surface area contributed by atoms with Gasteiger partial charge in [-0.3, -0.25) is 4.79 Å². The van der Waals surface area contributed by atoms with Gasteiger partial charge in [-0.2, -0.15) is 4.31 Å². The van der Waals surface area contributed by atoms with E-state index in [0.29, 0.717) is 23.8 Å². The van der Waals surface area contributed by atoms with Crippen LogP contribution in [0.2, 0.25) is 5.02 Å². The molecule has 2 N–H and O–H groups in total. The van der Waals surface area contributed by atoms with E-state index < -0.39 is 10.0 Å². The van der Waals surface area contributed by atoms with Crippen LogP contribution in [-0.2, 0) is 14.8 Å². The summed E-state index contributed by atoms with van der Waals surface area (Å²) >= 11 is 6.22. The highest BCUT2D eigenvalue weighted by atomic mass is 35.5. The van der Waals surface area contributed by atoms with Crippen molar-refractivity contribution in [1.82, 2.24) is 9.62 Å².